The quantitative estimate of drug-likeness (QED) is 0.519. The largest absolute Gasteiger partial charge is 0.396 e. The van der Waals surface area contributed by atoms with E-state index in [1.165, 1.54) is 0 Å². The van der Waals surface area contributed by atoms with Gasteiger partial charge in [-0.25, -0.2) is 0 Å². The first-order chi connectivity index (χ1) is 8.92. The number of hydrogen-bond donors (Lipinski definition) is 4. The molecule has 0 rings (SSSR count). The van der Waals surface area contributed by atoms with Crippen LogP contribution in [-0.4, -0.2) is 46.9 Å². The fourth-order valence-electron chi connectivity index (χ4n) is 1.43. The van der Waals surface area contributed by atoms with Crippen LogP contribution in [0.5, 0.6) is 0 Å². The van der Waals surface area contributed by atoms with E-state index in [2.05, 4.69) is 6.92 Å². The molecular formula is C15H34O4. The van der Waals surface area contributed by atoms with Gasteiger partial charge >= 0.3 is 0 Å². The van der Waals surface area contributed by atoms with E-state index in [4.69, 9.17) is 20.4 Å². The van der Waals surface area contributed by atoms with Gasteiger partial charge in [0.25, 0.3) is 0 Å². The molecular weight excluding hydrogens is 244 g/mol. The van der Waals surface area contributed by atoms with E-state index in [-0.39, 0.29) is 37.3 Å². The Bertz CT molecular complexity index is 170. The molecule has 0 saturated heterocycles. The van der Waals surface area contributed by atoms with Crippen LogP contribution in [0.2, 0.25) is 0 Å². The molecule has 0 bridgehead atoms. The van der Waals surface area contributed by atoms with Crippen LogP contribution in [0.3, 0.4) is 0 Å². The monoisotopic (exact) mass is 278 g/mol. The summed E-state index contributed by atoms with van der Waals surface area (Å²) >= 11 is 0. The fraction of sp³-hybridized carbons (Fsp3) is 1.00. The summed E-state index contributed by atoms with van der Waals surface area (Å²) in [6.45, 7) is 8.30. The van der Waals surface area contributed by atoms with Crippen molar-refractivity contribution in [2.75, 3.05) is 26.4 Å². The Morgan fingerprint density at radius 2 is 1.21 bits per heavy atom. The second-order valence-electron chi connectivity index (χ2n) is 5.75. The number of unbranched alkanes of at least 4 members (excludes halogenated alkanes) is 1. The molecule has 0 unspecified atom stereocenters. The van der Waals surface area contributed by atoms with E-state index in [0.29, 0.717) is 0 Å². The van der Waals surface area contributed by atoms with Crippen LogP contribution >= 0.6 is 0 Å². The number of aliphatic hydroxyl groups is 4. The van der Waals surface area contributed by atoms with Crippen molar-refractivity contribution in [3.63, 3.8) is 0 Å². The van der Waals surface area contributed by atoms with Crippen molar-refractivity contribution in [2.24, 2.45) is 10.8 Å². The zero-order valence-corrected chi connectivity index (χ0v) is 13.2. The zero-order chi connectivity index (χ0) is 15.4. The van der Waals surface area contributed by atoms with Crippen molar-refractivity contribution in [3.8, 4) is 0 Å². The van der Waals surface area contributed by atoms with Crippen molar-refractivity contribution in [3.05, 3.63) is 0 Å². The highest BCUT2D eigenvalue weighted by atomic mass is 16.3. The van der Waals surface area contributed by atoms with Crippen molar-refractivity contribution >= 4 is 0 Å². The number of hydrogen-bond acceptors (Lipinski definition) is 4. The average molecular weight is 278 g/mol. The Morgan fingerprint density at radius 1 is 0.737 bits per heavy atom. The van der Waals surface area contributed by atoms with Gasteiger partial charge in [-0.2, -0.15) is 0 Å². The molecule has 0 aliphatic carbocycles. The molecule has 0 saturated carbocycles. The Morgan fingerprint density at radius 3 is 1.37 bits per heavy atom. The van der Waals surface area contributed by atoms with Crippen molar-refractivity contribution in [2.45, 2.75) is 59.8 Å². The Kier molecular flexibility index (Phi) is 13.0. The third-order valence-corrected chi connectivity index (χ3v) is 4.10. The van der Waals surface area contributed by atoms with Gasteiger partial charge in [0, 0.05) is 10.8 Å². The summed E-state index contributed by atoms with van der Waals surface area (Å²) in [5.41, 5.74) is -0.476. The molecule has 4 nitrogen and oxygen atoms in total. The predicted molar refractivity (Wildman–Crippen MR) is 79.0 cm³/mol. The topological polar surface area (TPSA) is 80.9 Å². The molecule has 4 heteroatoms. The second-order valence-corrected chi connectivity index (χ2v) is 5.75. The molecule has 19 heavy (non-hydrogen) atoms. The highest BCUT2D eigenvalue weighted by Crippen LogP contribution is 2.27. The lowest BCUT2D eigenvalue weighted by atomic mass is 9.82. The van der Waals surface area contributed by atoms with E-state index in [1.807, 2.05) is 20.8 Å². The Hall–Kier alpha value is -0.160. The lowest BCUT2D eigenvalue weighted by molar-refractivity contribution is 0.0420. The summed E-state index contributed by atoms with van der Waals surface area (Å²) in [7, 11) is 0. The van der Waals surface area contributed by atoms with Gasteiger partial charge in [-0.05, 0) is 19.3 Å². The SMILES string of the molecule is CCC(C)(CO)CO.CCCCC(CC)(CO)CO. The number of aliphatic hydroxyl groups excluding tert-OH is 4. The van der Waals surface area contributed by atoms with Gasteiger partial charge in [0.2, 0.25) is 0 Å². The first-order valence-electron chi connectivity index (χ1n) is 7.36. The van der Waals surface area contributed by atoms with E-state index in [1.54, 1.807) is 0 Å². The maximum Gasteiger partial charge on any atom is 0.0509 e. The highest BCUT2D eigenvalue weighted by molar-refractivity contribution is 4.75. The summed E-state index contributed by atoms with van der Waals surface area (Å²) in [6, 6.07) is 0. The zero-order valence-electron chi connectivity index (χ0n) is 13.2. The third kappa shape index (κ3) is 8.58. The van der Waals surface area contributed by atoms with Crippen LogP contribution in [-0.2, 0) is 0 Å². The molecule has 118 valence electrons. The molecule has 0 aromatic rings. The maximum atomic E-state index is 9.04. The molecule has 0 aromatic carbocycles. The molecule has 4 N–H and O–H groups in total. The summed E-state index contributed by atoms with van der Waals surface area (Å²) in [5, 5.41) is 35.3. The van der Waals surface area contributed by atoms with Gasteiger partial charge in [-0.1, -0.05) is 40.5 Å². The van der Waals surface area contributed by atoms with Gasteiger partial charge in [0.05, 0.1) is 26.4 Å². The van der Waals surface area contributed by atoms with Gasteiger partial charge in [0.15, 0.2) is 0 Å². The first-order valence-corrected chi connectivity index (χ1v) is 7.36. The molecule has 0 heterocycles. The summed E-state index contributed by atoms with van der Waals surface area (Å²) in [6.07, 6.45) is 4.84. The van der Waals surface area contributed by atoms with E-state index >= 15 is 0 Å². The summed E-state index contributed by atoms with van der Waals surface area (Å²) in [4.78, 5) is 0. The lowest BCUT2D eigenvalue weighted by Gasteiger charge is -2.27. The average Bonchev–Trinajstić information content (AvgIpc) is 2.49. The molecule has 0 fully saturated rings. The first kappa shape index (κ1) is 21.1. The smallest absolute Gasteiger partial charge is 0.0509 e. The number of rotatable bonds is 9. The molecule has 0 aromatic heterocycles. The van der Waals surface area contributed by atoms with Crippen LogP contribution in [0.4, 0.5) is 0 Å². The molecule has 0 aliphatic heterocycles. The van der Waals surface area contributed by atoms with Gasteiger partial charge in [0.1, 0.15) is 0 Å². The van der Waals surface area contributed by atoms with Crippen LogP contribution in [0.25, 0.3) is 0 Å². The van der Waals surface area contributed by atoms with Crippen molar-refractivity contribution in [1.29, 1.82) is 0 Å². The summed E-state index contributed by atoms with van der Waals surface area (Å²) < 4.78 is 0. The molecule has 0 spiro atoms. The normalized spacial score (nSPS) is 12.0. The van der Waals surface area contributed by atoms with Crippen molar-refractivity contribution in [1.82, 2.24) is 0 Å². The third-order valence-electron chi connectivity index (χ3n) is 4.10. The molecule has 0 aliphatic rings. The predicted octanol–water partition coefficient (Wildman–Crippen LogP) is 1.94. The van der Waals surface area contributed by atoms with Crippen LogP contribution in [0, 0.1) is 10.8 Å². The highest BCUT2D eigenvalue weighted by Gasteiger charge is 2.25. The summed E-state index contributed by atoms with van der Waals surface area (Å²) in [5.74, 6) is 0. The van der Waals surface area contributed by atoms with Gasteiger partial charge < -0.3 is 20.4 Å². The fourth-order valence-corrected chi connectivity index (χ4v) is 1.43. The van der Waals surface area contributed by atoms with E-state index in [0.717, 1.165) is 32.1 Å². The van der Waals surface area contributed by atoms with Gasteiger partial charge in [-0.3, -0.25) is 0 Å². The molecule has 0 atom stereocenters. The Labute approximate surface area is 118 Å². The molecule has 0 radical (unpaired) electrons. The van der Waals surface area contributed by atoms with Crippen LogP contribution in [0.15, 0.2) is 0 Å². The second kappa shape index (κ2) is 11.6. The standard InChI is InChI=1S/C9H20O2.C6H14O2/c1-3-5-6-9(4-2,7-10)8-11;1-3-6(2,4-7)5-8/h10-11H,3-8H2,1-2H3;7-8H,3-5H2,1-2H3. The van der Waals surface area contributed by atoms with Gasteiger partial charge in [-0.15, -0.1) is 0 Å². The van der Waals surface area contributed by atoms with E-state index < -0.39 is 0 Å². The van der Waals surface area contributed by atoms with Crippen molar-refractivity contribution < 1.29 is 20.4 Å². The van der Waals surface area contributed by atoms with Crippen LogP contribution in [0.1, 0.15) is 59.8 Å². The maximum absolute atomic E-state index is 9.04. The Balaban J connectivity index is 0. The molecule has 0 amide bonds. The minimum atomic E-state index is -0.264. The minimum Gasteiger partial charge on any atom is -0.396 e. The minimum absolute atomic E-state index is 0.0694. The van der Waals surface area contributed by atoms with E-state index in [9.17, 15) is 0 Å². The lowest BCUT2D eigenvalue weighted by Crippen LogP contribution is -2.28. The van der Waals surface area contributed by atoms with Crippen LogP contribution < -0.4 is 0 Å².